The van der Waals surface area contributed by atoms with Crippen LogP contribution in [0.3, 0.4) is 0 Å². The van der Waals surface area contributed by atoms with Gasteiger partial charge in [0.1, 0.15) is 12.4 Å². The summed E-state index contributed by atoms with van der Waals surface area (Å²) in [7, 11) is 0. The fourth-order valence-corrected chi connectivity index (χ4v) is 1.85. The van der Waals surface area contributed by atoms with Crippen LogP contribution in [0.5, 0.6) is 5.75 Å². The molecule has 0 atom stereocenters. The fourth-order valence-electron chi connectivity index (χ4n) is 1.85. The molecule has 0 saturated heterocycles. The first-order valence-corrected chi connectivity index (χ1v) is 6.29. The highest BCUT2D eigenvalue weighted by Gasteiger charge is 2.04. The Balaban J connectivity index is 2.42. The van der Waals surface area contributed by atoms with Gasteiger partial charge in [-0.1, -0.05) is 19.9 Å². The summed E-state index contributed by atoms with van der Waals surface area (Å²) in [6.45, 7) is 9.58. The average molecular weight is 236 g/mol. The molecular formula is C14H24N2O. The predicted octanol–water partition coefficient (Wildman–Crippen LogP) is 2.05. The van der Waals surface area contributed by atoms with Crippen molar-refractivity contribution in [3.05, 3.63) is 29.3 Å². The van der Waals surface area contributed by atoms with Crippen molar-refractivity contribution in [1.29, 1.82) is 0 Å². The average Bonchev–Trinajstić information content (AvgIpc) is 2.28. The minimum atomic E-state index is 0.565. The summed E-state index contributed by atoms with van der Waals surface area (Å²) in [5.41, 5.74) is 8.07. The fraction of sp³-hybridized carbons (Fsp3) is 0.571. The molecule has 3 nitrogen and oxygen atoms in total. The monoisotopic (exact) mass is 236 g/mol. The van der Waals surface area contributed by atoms with Gasteiger partial charge < -0.3 is 15.8 Å². The van der Waals surface area contributed by atoms with Gasteiger partial charge in [-0.05, 0) is 36.1 Å². The molecule has 96 valence electrons. The lowest BCUT2D eigenvalue weighted by Gasteiger charge is -2.12. The number of rotatable bonds is 7. The third-order valence-corrected chi connectivity index (χ3v) is 2.73. The van der Waals surface area contributed by atoms with Crippen LogP contribution >= 0.6 is 0 Å². The zero-order chi connectivity index (χ0) is 12.7. The molecule has 0 fully saturated rings. The van der Waals surface area contributed by atoms with Crippen LogP contribution in [0.4, 0.5) is 0 Å². The first-order valence-electron chi connectivity index (χ1n) is 6.29. The predicted molar refractivity (Wildman–Crippen MR) is 72.7 cm³/mol. The van der Waals surface area contributed by atoms with Crippen LogP contribution in [0.25, 0.3) is 0 Å². The number of nitrogens with one attached hydrogen (secondary N) is 1. The maximum absolute atomic E-state index is 5.66. The van der Waals surface area contributed by atoms with E-state index in [1.807, 2.05) is 6.07 Å². The van der Waals surface area contributed by atoms with E-state index in [-0.39, 0.29) is 0 Å². The van der Waals surface area contributed by atoms with Crippen molar-refractivity contribution in [2.45, 2.75) is 26.7 Å². The molecule has 0 saturated carbocycles. The zero-order valence-electron chi connectivity index (χ0n) is 11.1. The summed E-state index contributed by atoms with van der Waals surface area (Å²) in [6.07, 6.45) is 0. The van der Waals surface area contributed by atoms with E-state index >= 15 is 0 Å². The normalized spacial score (nSPS) is 10.9. The Labute approximate surface area is 104 Å². The summed E-state index contributed by atoms with van der Waals surface area (Å²) < 4.78 is 5.66. The molecule has 3 N–H and O–H groups in total. The zero-order valence-corrected chi connectivity index (χ0v) is 11.1. The Bertz CT molecular complexity index is 337. The maximum Gasteiger partial charge on any atom is 0.119 e. The lowest BCUT2D eigenvalue weighted by atomic mass is 9.98. The van der Waals surface area contributed by atoms with Crippen molar-refractivity contribution in [2.24, 2.45) is 5.73 Å². The number of ether oxygens (including phenoxy) is 1. The van der Waals surface area contributed by atoms with Crippen molar-refractivity contribution in [3.63, 3.8) is 0 Å². The maximum atomic E-state index is 5.66. The van der Waals surface area contributed by atoms with Crippen molar-refractivity contribution < 1.29 is 4.74 Å². The third kappa shape index (κ3) is 4.75. The van der Waals surface area contributed by atoms with E-state index in [1.165, 1.54) is 11.1 Å². The summed E-state index contributed by atoms with van der Waals surface area (Å²) in [6, 6.07) is 6.31. The van der Waals surface area contributed by atoms with Crippen LogP contribution in [-0.2, 0) is 0 Å². The van der Waals surface area contributed by atoms with E-state index in [1.54, 1.807) is 0 Å². The first kappa shape index (κ1) is 14.0. The van der Waals surface area contributed by atoms with Crippen LogP contribution in [0.15, 0.2) is 18.2 Å². The van der Waals surface area contributed by atoms with Gasteiger partial charge in [0.15, 0.2) is 0 Å². The molecule has 1 rings (SSSR count). The summed E-state index contributed by atoms with van der Waals surface area (Å²) in [5.74, 6) is 1.51. The van der Waals surface area contributed by atoms with Gasteiger partial charge >= 0.3 is 0 Å². The first-order chi connectivity index (χ1) is 8.15. The molecule has 1 aromatic carbocycles. The molecule has 0 aliphatic heterocycles. The highest BCUT2D eigenvalue weighted by molar-refractivity contribution is 5.36. The number of nitrogens with two attached hydrogens (primary N) is 1. The molecule has 0 amide bonds. The SMILES string of the molecule is Cc1cc(OCCNCCN)ccc1C(C)C. The Morgan fingerprint density at radius 3 is 2.65 bits per heavy atom. The van der Waals surface area contributed by atoms with Crippen LogP contribution in [0, 0.1) is 6.92 Å². The van der Waals surface area contributed by atoms with Crippen LogP contribution < -0.4 is 15.8 Å². The Hall–Kier alpha value is -1.06. The van der Waals surface area contributed by atoms with Gasteiger partial charge in [0.05, 0.1) is 0 Å². The molecule has 0 unspecified atom stereocenters. The second-order valence-corrected chi connectivity index (χ2v) is 4.56. The molecule has 0 aliphatic rings. The number of benzene rings is 1. The minimum absolute atomic E-state index is 0.565. The quantitative estimate of drug-likeness (QED) is 0.712. The number of hydrogen-bond donors (Lipinski definition) is 2. The molecule has 1 aromatic rings. The smallest absolute Gasteiger partial charge is 0.119 e. The van der Waals surface area contributed by atoms with Gasteiger partial charge in [0, 0.05) is 19.6 Å². The summed E-state index contributed by atoms with van der Waals surface area (Å²) >= 11 is 0. The third-order valence-electron chi connectivity index (χ3n) is 2.73. The Morgan fingerprint density at radius 1 is 1.29 bits per heavy atom. The number of aryl methyl sites for hydroxylation is 1. The second kappa shape index (κ2) is 7.30. The van der Waals surface area contributed by atoms with E-state index in [9.17, 15) is 0 Å². The van der Waals surface area contributed by atoms with Gasteiger partial charge in [0.2, 0.25) is 0 Å². The topological polar surface area (TPSA) is 47.3 Å². The van der Waals surface area contributed by atoms with E-state index in [2.05, 4.69) is 38.2 Å². The molecule has 17 heavy (non-hydrogen) atoms. The van der Waals surface area contributed by atoms with E-state index in [0.29, 0.717) is 19.1 Å². The largest absolute Gasteiger partial charge is 0.492 e. The molecule has 0 radical (unpaired) electrons. The molecule has 0 spiro atoms. The van der Waals surface area contributed by atoms with Crippen LogP contribution in [-0.4, -0.2) is 26.2 Å². The lowest BCUT2D eigenvalue weighted by molar-refractivity contribution is 0.314. The van der Waals surface area contributed by atoms with Gasteiger partial charge in [-0.15, -0.1) is 0 Å². The highest BCUT2D eigenvalue weighted by atomic mass is 16.5. The van der Waals surface area contributed by atoms with E-state index in [0.717, 1.165) is 18.8 Å². The van der Waals surface area contributed by atoms with Crippen LogP contribution in [0.2, 0.25) is 0 Å². The molecule has 0 aromatic heterocycles. The van der Waals surface area contributed by atoms with Gasteiger partial charge in [-0.2, -0.15) is 0 Å². The van der Waals surface area contributed by atoms with E-state index < -0.39 is 0 Å². The van der Waals surface area contributed by atoms with Crippen molar-refractivity contribution in [2.75, 3.05) is 26.2 Å². The highest BCUT2D eigenvalue weighted by Crippen LogP contribution is 2.23. The Morgan fingerprint density at radius 2 is 2.06 bits per heavy atom. The minimum Gasteiger partial charge on any atom is -0.492 e. The summed E-state index contributed by atoms with van der Waals surface area (Å²) in [4.78, 5) is 0. The lowest BCUT2D eigenvalue weighted by Crippen LogP contribution is -2.26. The van der Waals surface area contributed by atoms with Crippen LogP contribution in [0.1, 0.15) is 30.9 Å². The van der Waals surface area contributed by atoms with E-state index in [4.69, 9.17) is 10.5 Å². The Kier molecular flexibility index (Phi) is 6.01. The molecule has 0 aliphatic carbocycles. The number of hydrogen-bond acceptors (Lipinski definition) is 3. The van der Waals surface area contributed by atoms with Gasteiger partial charge in [-0.25, -0.2) is 0 Å². The second-order valence-electron chi connectivity index (χ2n) is 4.56. The van der Waals surface area contributed by atoms with Gasteiger partial charge in [-0.3, -0.25) is 0 Å². The van der Waals surface area contributed by atoms with Gasteiger partial charge in [0.25, 0.3) is 0 Å². The molecular weight excluding hydrogens is 212 g/mol. The van der Waals surface area contributed by atoms with Crippen molar-refractivity contribution in [3.8, 4) is 5.75 Å². The van der Waals surface area contributed by atoms with Crippen molar-refractivity contribution >= 4 is 0 Å². The van der Waals surface area contributed by atoms with Crippen molar-refractivity contribution in [1.82, 2.24) is 5.32 Å². The molecule has 0 bridgehead atoms. The summed E-state index contributed by atoms with van der Waals surface area (Å²) in [5, 5.41) is 3.20. The molecule has 3 heteroatoms. The standard InChI is InChI=1S/C14H24N2O/c1-11(2)14-5-4-13(10-12(14)3)17-9-8-16-7-6-15/h4-5,10-11,16H,6-9,15H2,1-3H3. The molecule has 0 heterocycles.